The lowest BCUT2D eigenvalue weighted by Crippen LogP contribution is -1.98. The van der Waals surface area contributed by atoms with Crippen molar-refractivity contribution in [2.45, 2.75) is 13.8 Å². The highest BCUT2D eigenvalue weighted by Gasteiger charge is 2.20. The summed E-state index contributed by atoms with van der Waals surface area (Å²) >= 11 is 0. The van der Waals surface area contributed by atoms with E-state index in [4.69, 9.17) is 9.05 Å². The molecule has 4 heteroatoms. The van der Waals surface area contributed by atoms with Gasteiger partial charge in [0.1, 0.15) is 0 Å². The molecule has 0 radical (unpaired) electrons. The van der Waals surface area contributed by atoms with Gasteiger partial charge in [0.25, 0.3) is 0 Å². The quantitative estimate of drug-likeness (QED) is 0.472. The van der Waals surface area contributed by atoms with Gasteiger partial charge in [0.2, 0.25) is 0 Å². The predicted octanol–water partition coefficient (Wildman–Crippen LogP) is 2.99. The van der Waals surface area contributed by atoms with Gasteiger partial charge < -0.3 is 9.05 Å². The van der Waals surface area contributed by atoms with Gasteiger partial charge in [-0.05, 0) is 13.8 Å². The Hall–Kier alpha value is -0.370. The van der Waals surface area contributed by atoms with Crippen LogP contribution in [-0.4, -0.2) is 19.4 Å². The van der Waals surface area contributed by atoms with E-state index in [9.17, 15) is 4.57 Å². The molecule has 0 atom stereocenters. The predicted molar refractivity (Wildman–Crippen MR) is 55.1 cm³/mol. The highest BCUT2D eigenvalue weighted by molar-refractivity contribution is 7.54. The van der Waals surface area contributed by atoms with Crippen molar-refractivity contribution in [2.75, 3.05) is 19.4 Å². The van der Waals surface area contributed by atoms with E-state index in [1.165, 1.54) is 0 Å². The van der Waals surface area contributed by atoms with Crippen LogP contribution in [0.15, 0.2) is 24.8 Å². The molecule has 0 aromatic rings. The summed E-state index contributed by atoms with van der Waals surface area (Å²) in [4.78, 5) is 0. The van der Waals surface area contributed by atoms with Crippen LogP contribution in [0.1, 0.15) is 13.8 Å². The molecule has 0 spiro atoms. The summed E-state index contributed by atoms with van der Waals surface area (Å²) in [6.07, 6.45) is 5.40. The number of rotatable bonds is 7. The third-order valence-corrected chi connectivity index (χ3v) is 3.21. The number of hydrogen-bond donors (Lipinski definition) is 0. The van der Waals surface area contributed by atoms with E-state index in [0.29, 0.717) is 19.4 Å². The van der Waals surface area contributed by atoms with Gasteiger partial charge in [-0.25, -0.2) is 0 Å². The molecule has 0 aromatic heterocycles. The molecule has 0 heterocycles. The van der Waals surface area contributed by atoms with Gasteiger partial charge >= 0.3 is 7.60 Å². The van der Waals surface area contributed by atoms with Crippen molar-refractivity contribution in [2.24, 2.45) is 0 Å². The topological polar surface area (TPSA) is 35.5 Å². The lowest BCUT2D eigenvalue weighted by molar-refractivity contribution is 0.222. The Balaban J connectivity index is 4.14. The van der Waals surface area contributed by atoms with Crippen LogP contribution in [0.5, 0.6) is 0 Å². The fourth-order valence-corrected chi connectivity index (χ4v) is 2.27. The molecule has 0 saturated carbocycles. The first-order valence-electron chi connectivity index (χ1n) is 4.34. The molecular weight excluding hydrogens is 187 g/mol. The maximum absolute atomic E-state index is 11.8. The van der Waals surface area contributed by atoms with Gasteiger partial charge in [0, 0.05) is 0 Å². The summed E-state index contributed by atoms with van der Waals surface area (Å²) in [5.74, 6) is 0. The molecule has 76 valence electrons. The van der Waals surface area contributed by atoms with Crippen LogP contribution in [-0.2, 0) is 13.6 Å². The van der Waals surface area contributed by atoms with Gasteiger partial charge in [-0.1, -0.05) is 24.8 Å². The Kier molecular flexibility index (Phi) is 6.87. The first kappa shape index (κ1) is 12.6. The van der Waals surface area contributed by atoms with E-state index in [1.54, 1.807) is 32.1 Å². The molecule has 0 bridgehead atoms. The second kappa shape index (κ2) is 7.07. The highest BCUT2D eigenvalue weighted by atomic mass is 31.2. The summed E-state index contributed by atoms with van der Waals surface area (Å²) < 4.78 is 21.9. The standard InChI is InChI=1S/C9H17O3P/c1-4-7-8-9-13(10,11-5-2)12-6-3/h4,7-8H,1,5-6,9H2,2-3H3. The Morgan fingerprint density at radius 2 is 1.85 bits per heavy atom. The average molecular weight is 204 g/mol. The Bertz CT molecular complexity index is 201. The molecule has 0 N–H and O–H groups in total. The minimum Gasteiger partial charge on any atom is -0.309 e. The van der Waals surface area contributed by atoms with Crippen molar-refractivity contribution < 1.29 is 13.6 Å². The summed E-state index contributed by atoms with van der Waals surface area (Å²) in [5, 5.41) is 0. The largest absolute Gasteiger partial charge is 0.334 e. The van der Waals surface area contributed by atoms with Gasteiger partial charge in [0.05, 0.1) is 19.4 Å². The molecular formula is C9H17O3P. The zero-order valence-electron chi connectivity index (χ0n) is 8.23. The normalized spacial score (nSPS) is 12.2. The van der Waals surface area contributed by atoms with Crippen molar-refractivity contribution in [3.63, 3.8) is 0 Å². The molecule has 3 nitrogen and oxygen atoms in total. The van der Waals surface area contributed by atoms with Crippen molar-refractivity contribution >= 4 is 7.60 Å². The lowest BCUT2D eigenvalue weighted by Gasteiger charge is -2.14. The van der Waals surface area contributed by atoms with Crippen LogP contribution in [0.25, 0.3) is 0 Å². The van der Waals surface area contributed by atoms with Crippen molar-refractivity contribution in [3.8, 4) is 0 Å². The third-order valence-electron chi connectivity index (χ3n) is 1.25. The molecule has 0 aliphatic heterocycles. The Labute approximate surface area is 80.0 Å². The summed E-state index contributed by atoms with van der Waals surface area (Å²) in [6.45, 7) is 7.91. The second-order valence-electron chi connectivity index (χ2n) is 2.29. The maximum atomic E-state index is 11.8. The summed E-state index contributed by atoms with van der Waals surface area (Å²) in [5.41, 5.74) is 0. The average Bonchev–Trinajstić information content (AvgIpc) is 2.05. The first-order chi connectivity index (χ1) is 6.18. The fraction of sp³-hybridized carbons (Fsp3) is 0.556. The third kappa shape index (κ3) is 5.81. The smallest absolute Gasteiger partial charge is 0.309 e. The zero-order valence-corrected chi connectivity index (χ0v) is 9.13. The SMILES string of the molecule is C=CC=CCP(=O)(OCC)OCC. The van der Waals surface area contributed by atoms with E-state index in [2.05, 4.69) is 6.58 Å². The van der Waals surface area contributed by atoms with E-state index in [0.717, 1.165) is 0 Å². The number of allylic oxidation sites excluding steroid dienone is 3. The summed E-state index contributed by atoms with van der Waals surface area (Å²) in [6, 6.07) is 0. The molecule has 0 rings (SSSR count). The fourth-order valence-electron chi connectivity index (χ4n) is 0.822. The molecule has 0 aliphatic rings. The molecule has 0 aromatic carbocycles. The summed E-state index contributed by atoms with van der Waals surface area (Å²) in [7, 11) is -2.88. The maximum Gasteiger partial charge on any atom is 0.334 e. The highest BCUT2D eigenvalue weighted by Crippen LogP contribution is 2.47. The van der Waals surface area contributed by atoms with E-state index in [1.807, 2.05) is 0 Å². The second-order valence-corrected chi connectivity index (χ2v) is 4.40. The zero-order chi connectivity index (χ0) is 10.2. The van der Waals surface area contributed by atoms with Crippen LogP contribution in [0.3, 0.4) is 0 Å². The molecule has 0 saturated heterocycles. The lowest BCUT2D eigenvalue weighted by atomic mass is 10.5. The minimum atomic E-state index is -2.88. The van der Waals surface area contributed by atoms with Crippen LogP contribution in [0.4, 0.5) is 0 Å². The van der Waals surface area contributed by atoms with E-state index >= 15 is 0 Å². The van der Waals surface area contributed by atoms with Crippen LogP contribution >= 0.6 is 7.60 Å². The van der Waals surface area contributed by atoms with Gasteiger partial charge in [0.15, 0.2) is 0 Å². The molecule has 0 aliphatic carbocycles. The van der Waals surface area contributed by atoms with E-state index in [-0.39, 0.29) is 0 Å². The van der Waals surface area contributed by atoms with Gasteiger partial charge in [-0.15, -0.1) is 0 Å². The van der Waals surface area contributed by atoms with Gasteiger partial charge in [-0.3, -0.25) is 4.57 Å². The molecule has 0 amide bonds. The Morgan fingerprint density at radius 1 is 1.31 bits per heavy atom. The molecule has 13 heavy (non-hydrogen) atoms. The monoisotopic (exact) mass is 204 g/mol. The molecule has 0 unspecified atom stereocenters. The minimum absolute atomic E-state index is 0.306. The van der Waals surface area contributed by atoms with Crippen LogP contribution in [0.2, 0.25) is 0 Å². The first-order valence-corrected chi connectivity index (χ1v) is 6.07. The van der Waals surface area contributed by atoms with Crippen LogP contribution < -0.4 is 0 Å². The van der Waals surface area contributed by atoms with Crippen molar-refractivity contribution in [1.29, 1.82) is 0 Å². The van der Waals surface area contributed by atoms with Crippen LogP contribution in [0, 0.1) is 0 Å². The van der Waals surface area contributed by atoms with Crippen molar-refractivity contribution in [3.05, 3.63) is 24.8 Å². The Morgan fingerprint density at radius 3 is 2.23 bits per heavy atom. The van der Waals surface area contributed by atoms with Gasteiger partial charge in [-0.2, -0.15) is 0 Å². The van der Waals surface area contributed by atoms with Crippen molar-refractivity contribution in [1.82, 2.24) is 0 Å². The molecule has 0 fully saturated rings. The number of hydrogen-bond acceptors (Lipinski definition) is 3. The van der Waals surface area contributed by atoms with E-state index < -0.39 is 7.60 Å².